The molecule has 135 heavy (non-hydrogen) atoms. The number of hydrogen-bond donors (Lipinski definition) is 15. The maximum Gasteiger partial charge on any atom is 0.386 e. The summed E-state index contributed by atoms with van der Waals surface area (Å²) in [5, 5.41) is 5.11. The van der Waals surface area contributed by atoms with Gasteiger partial charge in [-0.25, -0.2) is 57.0 Å². The number of nitrogens with two attached hydrogens (primary N) is 6. The number of nitrogens with zero attached hydrogens (tertiary/aromatic N) is 18. The van der Waals surface area contributed by atoms with Crippen LogP contribution in [0.4, 0.5) is 52.5 Å². The highest BCUT2D eigenvalue weighted by Crippen LogP contribution is 2.63. The zero-order chi connectivity index (χ0) is 95.4. The first-order valence-corrected chi connectivity index (χ1v) is 56.9. The number of nitrogens with one attached hydrogen (secondary N) is 3. The number of nitrogen functional groups attached to an aromatic ring is 6. The topological polar surface area (TPSA) is 705 Å². The first-order valence-electron chi connectivity index (χ1n) is 39.3. The van der Waals surface area contributed by atoms with Crippen LogP contribution in [0.3, 0.4) is 0 Å². The predicted molar refractivity (Wildman–Crippen MR) is 491 cm³/mol. The van der Waals surface area contributed by atoms with Crippen molar-refractivity contribution >= 4 is 237 Å². The fourth-order valence-corrected chi connectivity index (χ4v) is 28.2. The number of pyridine rings is 3. The number of imidazole rings is 4. The molecule has 0 aliphatic carbocycles. The van der Waals surface area contributed by atoms with Gasteiger partial charge in [-0.15, -0.1) is 35.0 Å². The van der Waals surface area contributed by atoms with Gasteiger partial charge >= 0.3 is 40.4 Å². The smallest absolute Gasteiger partial charge is 0.386 e. The molecular weight excluding hydrogens is 2080 g/mol. The molecule has 70 heteroatoms. The van der Waals surface area contributed by atoms with Crippen LogP contribution in [-0.2, 0) is 137 Å². The average molecular weight is 2150 g/mol. The first-order chi connectivity index (χ1) is 64.0. The van der Waals surface area contributed by atoms with E-state index in [-0.39, 0.29) is 81.7 Å². The average Bonchev–Trinajstić information content (AvgIpc) is 1.61. The van der Waals surface area contributed by atoms with E-state index in [0.717, 1.165) is 16.4 Å². The number of rotatable bonds is 6. The summed E-state index contributed by atoms with van der Waals surface area (Å²) in [7, 11) is 0. The van der Waals surface area contributed by atoms with E-state index in [0.29, 0.717) is 44.8 Å². The SMILES string of the molecule is C#C[C@@]12COP(O)(=S)O[C@@H]3[C@@H](F)[C@@H](COP(=O)(S)O[C@H]1C[C@H](n1cnc4c(N)ccnc41)O2)O[C@H]3n1nnc2c(=O)[nH]c(N)nc21.Nc1nc2c(ncn2[C@@H]2S[C@@H]3COP(O)(=S)O[C@H]4[C@H](F)[C@H](n5ccc6c(N)ccnc65)O[C@@H]4COP(O)(=S)O[C@@H]2C3)c(=O)[nH]1.Nc1nc2c(ncn2[C@@H]2S[C@@H]3COP(O)(=S)O[C@H]4[C@H](F)[C@H](n5cnc6c(N)ccnc65)O[C@@H]4COP(O)(=S)O[C@@H]2[C@@H]3F)c(=O)[nH]1. The lowest BCUT2D eigenvalue weighted by Crippen LogP contribution is -2.43. The molecule has 9 aliphatic rings. The van der Waals surface area contributed by atoms with Gasteiger partial charge in [0.15, 0.2) is 87.6 Å². The van der Waals surface area contributed by atoms with Crippen molar-refractivity contribution in [1.29, 1.82) is 0 Å². The van der Waals surface area contributed by atoms with E-state index in [1.165, 1.54) is 75.4 Å². The highest BCUT2D eigenvalue weighted by Gasteiger charge is 2.59. The van der Waals surface area contributed by atoms with E-state index in [2.05, 4.69) is 93.3 Å². The van der Waals surface area contributed by atoms with Gasteiger partial charge in [0.2, 0.25) is 17.8 Å². The fourth-order valence-electron chi connectivity index (χ4n) is 16.2. The normalized spacial score (nSPS) is 37.1. The number of fused-ring (bicyclic) bond motifs is 15. The number of aromatic amines is 3. The second kappa shape index (κ2) is 37.0. The van der Waals surface area contributed by atoms with Crippen molar-refractivity contribution in [3.63, 3.8) is 0 Å². The summed E-state index contributed by atoms with van der Waals surface area (Å²) in [6.45, 7) is -28.3. The number of ether oxygens (including phenoxy) is 4. The molecule has 12 aromatic heterocycles. The predicted octanol–water partition coefficient (Wildman–Crippen LogP) is 3.71. The summed E-state index contributed by atoms with van der Waals surface area (Å²) in [6, 6.07) is 6.40. The summed E-state index contributed by atoms with van der Waals surface area (Å²) < 4.78 is 177. The second-order valence-electron chi connectivity index (χ2n) is 30.9. The molecule has 0 amide bonds. The van der Waals surface area contributed by atoms with Crippen LogP contribution in [0.15, 0.2) is 88.7 Å². The molecular formula is C65H71F4N27O25P6S8. The van der Waals surface area contributed by atoms with Gasteiger partial charge in [0, 0.05) is 47.5 Å². The molecule has 20 N–H and O–H groups in total. The number of H-pyrrole nitrogens is 3. The van der Waals surface area contributed by atoms with E-state index < -0.39 is 216 Å². The Morgan fingerprint density at radius 2 is 0.963 bits per heavy atom. The van der Waals surface area contributed by atoms with Gasteiger partial charge in [-0.1, -0.05) is 23.4 Å². The minimum atomic E-state index is -4.39. The van der Waals surface area contributed by atoms with Crippen molar-refractivity contribution in [2.75, 3.05) is 74.0 Å². The van der Waals surface area contributed by atoms with Crippen LogP contribution >= 0.6 is 76.2 Å². The lowest BCUT2D eigenvalue weighted by Gasteiger charge is -2.32. The Hall–Kier alpha value is -7.32. The number of thioether (sulfide) groups is 2. The molecule has 9 aliphatic heterocycles. The van der Waals surface area contributed by atoms with Crippen LogP contribution in [0.1, 0.15) is 48.5 Å². The number of halogens is 4. The van der Waals surface area contributed by atoms with Crippen molar-refractivity contribution in [2.24, 2.45) is 0 Å². The molecule has 9 fully saturated rings. The molecule has 722 valence electrons. The zero-order valence-electron chi connectivity index (χ0n) is 67.7. The number of terminal acetylenes is 1. The lowest BCUT2D eigenvalue weighted by atomic mass is 9.99. The Bertz CT molecular complexity index is 7240. The van der Waals surface area contributed by atoms with Gasteiger partial charge in [-0.2, -0.15) is 19.6 Å². The van der Waals surface area contributed by atoms with Crippen LogP contribution in [0.2, 0.25) is 0 Å². The third kappa shape index (κ3) is 19.0. The summed E-state index contributed by atoms with van der Waals surface area (Å²) in [4.78, 5) is 141. The molecule has 52 nitrogen and oxygen atoms in total. The maximum atomic E-state index is 16.1. The Labute approximate surface area is 790 Å². The lowest BCUT2D eigenvalue weighted by molar-refractivity contribution is -0.0891. The summed E-state index contributed by atoms with van der Waals surface area (Å²) in [6.07, 6.45) is -7.79. The van der Waals surface area contributed by atoms with E-state index in [4.69, 9.17) is 173 Å². The highest BCUT2D eigenvalue weighted by atomic mass is 32.7. The van der Waals surface area contributed by atoms with Gasteiger partial charge in [-0.3, -0.25) is 74.7 Å². The van der Waals surface area contributed by atoms with Crippen LogP contribution in [0.5, 0.6) is 0 Å². The van der Waals surface area contributed by atoms with Crippen molar-refractivity contribution in [1.82, 2.24) is 103 Å². The zero-order valence-corrected chi connectivity index (χ0v) is 79.7. The Kier molecular flexibility index (Phi) is 26.4. The number of aromatic nitrogens is 21. The molecule has 0 saturated carbocycles. The highest BCUT2D eigenvalue weighted by molar-refractivity contribution is 8.44. The van der Waals surface area contributed by atoms with Crippen LogP contribution < -0.4 is 51.1 Å². The van der Waals surface area contributed by atoms with Crippen molar-refractivity contribution < 1.29 is 120 Å². The third-order valence-electron chi connectivity index (χ3n) is 22.3. The minimum absolute atomic E-state index is 0.0190. The van der Waals surface area contributed by atoms with E-state index in [1.807, 2.05) is 0 Å². The van der Waals surface area contributed by atoms with E-state index in [1.54, 1.807) is 33.5 Å². The summed E-state index contributed by atoms with van der Waals surface area (Å²) in [5.74, 6) is 1.85. The molecule has 21 rings (SSSR count). The molecule has 6 unspecified atom stereocenters. The van der Waals surface area contributed by atoms with Crippen molar-refractivity contribution in [2.45, 2.75) is 144 Å². The fraction of sp³-hybridized carbons (Fsp3) is 0.462. The second-order valence-corrected chi connectivity index (χ2v) is 50.5. The van der Waals surface area contributed by atoms with Crippen molar-refractivity contribution in [3.05, 3.63) is 105 Å². The largest absolute Gasteiger partial charge is 0.398 e. The molecule has 6 bridgehead atoms. The summed E-state index contributed by atoms with van der Waals surface area (Å²) in [5.41, 5.74) is 34.0. The Balaban J connectivity index is 0.000000130. The van der Waals surface area contributed by atoms with E-state index >= 15 is 17.6 Å². The first kappa shape index (κ1) is 96.5. The molecule has 28 atom stereocenters. The van der Waals surface area contributed by atoms with Gasteiger partial charge in [0.1, 0.15) is 88.7 Å². The maximum absolute atomic E-state index is 16.1. The number of alkyl halides is 4. The Morgan fingerprint density at radius 1 is 0.481 bits per heavy atom. The third-order valence-corrected chi connectivity index (χ3v) is 34.8. The standard InChI is InChI=1S/C22H23FN10O9P2S2.C22H25FN8O8P2S3.C21H23F2N9O8P2S3/c1-2-22-7-38-44(36,46)42-16-13(23)10(39-20(16)33-18-15(30-31-33)19(34)29-21(25)28-18)6-37-43(35,45)41-11(22)5-12(40-22)32-8-27-14-9(24)3-4-26-17(14)32;23-14-16-13(37-20(14)30-4-2-10-11(24)1-3-26-17(10)30)7-36-40(33,42)38-12-5-9(6-35-41(34,43)39-16)44-21(12)31-8-27-15-18(31)28-22(25)29-19(15)32;22-10-9-4-37-42(35,44)39-14-8(38-19(11(14)23)31-5-27-12-7(24)1-2-26-16(12)31)3-36-41(34,43)40-15(10)20(45-9)32-6-28-13-17(32)29-21(25)30-18(13)33/h1,3-4,8,10-13,16,20H,5-7H2,(H2,24,26)(H,35,45)(H,36,46)(H3,25,28,29,34);1-4,8-9,12-14,16,20-21H,5-7H2,(H2,24,26)(H,33,42)(H,34,43)(H3,25,28,29,32);1-2,5-6,8-11,14-15,19-20H,3-4H2,(H2,24,26)(H,34,43)(H,35,44)(H3,25,29,30,33)/t10-,11+,12-,13+,16-,20-,22-,43?,44?;9-,12+,13+,14-,16+,20+,21+,40?,41?;8-,9-,10-,11+,14-,15-,19-,20-,41?,42?/m101/s1. The van der Waals surface area contributed by atoms with Gasteiger partial charge in [0.25, 0.3) is 16.7 Å². The summed E-state index contributed by atoms with van der Waals surface area (Å²) >= 11 is 32.6. The Morgan fingerprint density at radius 3 is 1.57 bits per heavy atom. The van der Waals surface area contributed by atoms with Gasteiger partial charge in [-0.05, 0) is 89.7 Å². The van der Waals surface area contributed by atoms with Gasteiger partial charge < -0.3 is 110 Å². The molecule has 12 aromatic rings. The monoisotopic (exact) mass is 2150 g/mol. The van der Waals surface area contributed by atoms with Crippen molar-refractivity contribution in [3.8, 4) is 12.3 Å². The molecule has 9 saturated heterocycles. The van der Waals surface area contributed by atoms with Crippen LogP contribution in [-0.4, -0.2) is 262 Å². The molecule has 21 heterocycles. The number of hydrogen-bond acceptors (Lipinski definition) is 45. The minimum Gasteiger partial charge on any atom is -0.398 e. The van der Waals surface area contributed by atoms with Crippen LogP contribution in [0, 0.1) is 12.3 Å². The number of anilines is 6. The number of thiol groups is 1. The molecule has 0 radical (unpaired) electrons. The van der Waals surface area contributed by atoms with E-state index in [9.17, 15) is 43.4 Å². The quantitative estimate of drug-likeness (QED) is 0.0488. The van der Waals surface area contributed by atoms with Crippen LogP contribution in [0.25, 0.3) is 66.9 Å². The molecule has 0 spiro atoms. The van der Waals surface area contributed by atoms with Gasteiger partial charge in [0.05, 0.1) is 87.7 Å². The molecule has 0 aromatic carbocycles.